The van der Waals surface area contributed by atoms with Crippen LogP contribution in [0, 0.1) is 0 Å². The quantitative estimate of drug-likeness (QED) is 0.761. The van der Waals surface area contributed by atoms with Gasteiger partial charge in [-0.05, 0) is 31.0 Å². The summed E-state index contributed by atoms with van der Waals surface area (Å²) in [5, 5.41) is 5.81. The second kappa shape index (κ2) is 8.79. The molecule has 2 aromatic rings. The highest BCUT2D eigenvalue weighted by atomic mass is 16.5. The number of aromatic nitrogens is 2. The monoisotopic (exact) mass is 424 g/mol. The van der Waals surface area contributed by atoms with E-state index in [2.05, 4.69) is 20.5 Å². The normalized spacial score (nSPS) is 16.7. The molecule has 2 amide bonds. The molecule has 164 valence electrons. The lowest BCUT2D eigenvalue weighted by Gasteiger charge is -2.30. The Kier molecular flexibility index (Phi) is 5.92. The minimum atomic E-state index is -0.189. The molecule has 0 saturated heterocycles. The predicted molar refractivity (Wildman–Crippen MR) is 119 cm³/mol. The van der Waals surface area contributed by atoms with Crippen molar-refractivity contribution in [3.8, 4) is 5.75 Å². The van der Waals surface area contributed by atoms with Crippen LogP contribution in [0.15, 0.2) is 24.4 Å². The van der Waals surface area contributed by atoms with Gasteiger partial charge < -0.3 is 25.2 Å². The number of methoxy groups -OCH3 is 1. The molecule has 0 spiro atoms. The van der Waals surface area contributed by atoms with Crippen LogP contribution in [0.3, 0.4) is 0 Å². The summed E-state index contributed by atoms with van der Waals surface area (Å²) in [6.45, 7) is 0.654. The molecule has 0 radical (unpaired) electrons. The van der Waals surface area contributed by atoms with Crippen molar-refractivity contribution in [2.24, 2.45) is 0 Å². The molecule has 2 aliphatic rings. The summed E-state index contributed by atoms with van der Waals surface area (Å²) in [7, 11) is 4.91. The molecule has 1 saturated carbocycles. The van der Waals surface area contributed by atoms with E-state index in [1.165, 1.54) is 12.8 Å². The Morgan fingerprint density at radius 3 is 2.74 bits per heavy atom. The summed E-state index contributed by atoms with van der Waals surface area (Å²) in [5.41, 5.74) is 1.88. The van der Waals surface area contributed by atoms with Crippen LogP contribution >= 0.6 is 0 Å². The fourth-order valence-corrected chi connectivity index (χ4v) is 4.27. The summed E-state index contributed by atoms with van der Waals surface area (Å²) in [6.07, 6.45) is 6.77. The molecule has 1 aliphatic heterocycles. The minimum Gasteiger partial charge on any atom is -0.495 e. The summed E-state index contributed by atoms with van der Waals surface area (Å²) in [4.78, 5) is 37.6. The highest BCUT2D eigenvalue weighted by Gasteiger charge is 2.31. The first-order valence-electron chi connectivity index (χ1n) is 10.6. The molecule has 9 heteroatoms. The molecular formula is C22H28N6O3. The van der Waals surface area contributed by atoms with Gasteiger partial charge in [-0.3, -0.25) is 9.59 Å². The molecule has 0 unspecified atom stereocenters. The average Bonchev–Trinajstić information content (AvgIpc) is 3.29. The number of benzene rings is 1. The second-order valence-corrected chi connectivity index (χ2v) is 7.86. The fraction of sp³-hybridized carbons (Fsp3) is 0.455. The van der Waals surface area contributed by atoms with E-state index in [0.717, 1.165) is 24.3 Å². The standard InChI is InChI=1S/C22H28N6O3/c1-23-21(30)14-8-9-16(18(12-14)31-3)25-22-24-13-17-20(26-22)28(15-6-4-5-7-15)11-10-19(29)27(17)2/h8-9,12-13,15H,4-7,10-11H2,1-3H3,(H,23,30)(H,24,25,26). The van der Waals surface area contributed by atoms with Crippen molar-refractivity contribution in [1.82, 2.24) is 15.3 Å². The van der Waals surface area contributed by atoms with Crippen LogP contribution in [0.4, 0.5) is 23.1 Å². The SMILES string of the molecule is CNC(=O)c1ccc(Nc2ncc3c(n2)N(C2CCCC2)CCC(=O)N3C)c(OC)c1. The second-order valence-electron chi connectivity index (χ2n) is 7.86. The van der Waals surface area contributed by atoms with Crippen molar-refractivity contribution in [2.45, 2.75) is 38.1 Å². The number of hydrogen-bond acceptors (Lipinski definition) is 7. The van der Waals surface area contributed by atoms with E-state index in [0.29, 0.717) is 42.0 Å². The van der Waals surface area contributed by atoms with E-state index < -0.39 is 0 Å². The van der Waals surface area contributed by atoms with E-state index in [9.17, 15) is 9.59 Å². The number of carbonyl (C=O) groups is 2. The predicted octanol–water partition coefficient (Wildman–Crippen LogP) is 2.70. The number of hydrogen-bond donors (Lipinski definition) is 2. The third kappa shape index (κ3) is 4.12. The number of carbonyl (C=O) groups excluding carboxylic acids is 2. The smallest absolute Gasteiger partial charge is 0.251 e. The van der Waals surface area contributed by atoms with Crippen LogP contribution in [-0.2, 0) is 4.79 Å². The molecule has 1 aliphatic carbocycles. The van der Waals surface area contributed by atoms with Gasteiger partial charge >= 0.3 is 0 Å². The Bertz CT molecular complexity index is 989. The van der Waals surface area contributed by atoms with Crippen molar-refractivity contribution >= 4 is 35.0 Å². The lowest BCUT2D eigenvalue weighted by Crippen LogP contribution is -2.34. The van der Waals surface area contributed by atoms with Gasteiger partial charge in [0.2, 0.25) is 11.9 Å². The maximum atomic E-state index is 12.5. The molecule has 2 heterocycles. The molecule has 0 atom stereocenters. The molecule has 2 N–H and O–H groups in total. The first-order chi connectivity index (χ1) is 15.0. The number of ether oxygens (including phenoxy) is 1. The van der Waals surface area contributed by atoms with Crippen molar-refractivity contribution in [2.75, 3.05) is 42.9 Å². The van der Waals surface area contributed by atoms with Gasteiger partial charge in [-0.1, -0.05) is 12.8 Å². The Labute approximate surface area is 181 Å². The summed E-state index contributed by atoms with van der Waals surface area (Å²) in [5.74, 6) is 1.58. The molecule has 4 rings (SSSR count). The fourth-order valence-electron chi connectivity index (χ4n) is 4.27. The van der Waals surface area contributed by atoms with Crippen molar-refractivity contribution in [3.63, 3.8) is 0 Å². The van der Waals surface area contributed by atoms with Crippen molar-refractivity contribution in [3.05, 3.63) is 30.0 Å². The first-order valence-corrected chi connectivity index (χ1v) is 10.6. The number of fused-ring (bicyclic) bond motifs is 1. The van der Waals surface area contributed by atoms with Gasteiger partial charge in [-0.15, -0.1) is 0 Å². The molecular weight excluding hydrogens is 396 g/mol. The zero-order valence-electron chi connectivity index (χ0n) is 18.1. The maximum absolute atomic E-state index is 12.5. The zero-order valence-corrected chi connectivity index (χ0v) is 18.1. The van der Waals surface area contributed by atoms with Gasteiger partial charge in [0, 0.05) is 38.7 Å². The first kappa shape index (κ1) is 20.9. The van der Waals surface area contributed by atoms with E-state index in [1.54, 1.807) is 50.5 Å². The topological polar surface area (TPSA) is 99.7 Å². The van der Waals surface area contributed by atoms with Crippen LogP contribution in [0.1, 0.15) is 42.5 Å². The van der Waals surface area contributed by atoms with Crippen LogP contribution in [0.5, 0.6) is 5.75 Å². The molecule has 1 aromatic carbocycles. The molecule has 0 bridgehead atoms. The Hall–Kier alpha value is -3.36. The highest BCUT2D eigenvalue weighted by Crippen LogP contribution is 2.36. The van der Waals surface area contributed by atoms with E-state index in [4.69, 9.17) is 9.72 Å². The summed E-state index contributed by atoms with van der Waals surface area (Å²) in [6, 6.07) is 5.54. The third-order valence-corrected chi connectivity index (χ3v) is 6.03. The molecule has 1 aromatic heterocycles. The zero-order chi connectivity index (χ0) is 22.0. The lowest BCUT2D eigenvalue weighted by molar-refractivity contribution is -0.118. The number of nitrogens with zero attached hydrogens (tertiary/aromatic N) is 4. The van der Waals surface area contributed by atoms with Crippen LogP contribution in [-0.4, -0.2) is 55.6 Å². The Morgan fingerprint density at radius 1 is 1.26 bits per heavy atom. The van der Waals surface area contributed by atoms with Gasteiger partial charge in [0.25, 0.3) is 5.91 Å². The molecule has 9 nitrogen and oxygen atoms in total. The highest BCUT2D eigenvalue weighted by molar-refractivity contribution is 5.97. The average molecular weight is 425 g/mol. The van der Waals surface area contributed by atoms with Crippen molar-refractivity contribution in [1.29, 1.82) is 0 Å². The largest absolute Gasteiger partial charge is 0.495 e. The Balaban J connectivity index is 1.68. The summed E-state index contributed by atoms with van der Waals surface area (Å²) < 4.78 is 5.46. The van der Waals surface area contributed by atoms with E-state index in [-0.39, 0.29) is 11.8 Å². The van der Waals surface area contributed by atoms with Crippen molar-refractivity contribution < 1.29 is 14.3 Å². The lowest BCUT2D eigenvalue weighted by atomic mass is 10.1. The maximum Gasteiger partial charge on any atom is 0.251 e. The van der Waals surface area contributed by atoms with E-state index in [1.807, 2.05) is 0 Å². The number of amides is 2. The van der Waals surface area contributed by atoms with Crippen LogP contribution in [0.2, 0.25) is 0 Å². The number of rotatable bonds is 5. The Morgan fingerprint density at radius 2 is 2.03 bits per heavy atom. The van der Waals surface area contributed by atoms with Gasteiger partial charge in [0.1, 0.15) is 11.4 Å². The molecule has 31 heavy (non-hydrogen) atoms. The van der Waals surface area contributed by atoms with Crippen LogP contribution < -0.4 is 25.2 Å². The van der Waals surface area contributed by atoms with Crippen LogP contribution in [0.25, 0.3) is 0 Å². The van der Waals surface area contributed by atoms with Gasteiger partial charge in [-0.25, -0.2) is 4.98 Å². The number of anilines is 4. The third-order valence-electron chi connectivity index (χ3n) is 6.03. The summed E-state index contributed by atoms with van der Waals surface area (Å²) >= 11 is 0. The van der Waals surface area contributed by atoms with E-state index >= 15 is 0 Å². The van der Waals surface area contributed by atoms with Gasteiger partial charge in [0.05, 0.1) is 19.0 Å². The number of nitrogens with one attached hydrogen (secondary N) is 2. The van der Waals surface area contributed by atoms with Gasteiger partial charge in [0.15, 0.2) is 5.82 Å². The minimum absolute atomic E-state index is 0.0671. The molecule has 1 fully saturated rings. The van der Waals surface area contributed by atoms with Gasteiger partial charge in [-0.2, -0.15) is 4.98 Å².